The summed E-state index contributed by atoms with van der Waals surface area (Å²) in [5.74, 6) is 0.960. The van der Waals surface area contributed by atoms with Crippen LogP contribution >= 0.6 is 27.5 Å². The summed E-state index contributed by atoms with van der Waals surface area (Å²) in [5.41, 5.74) is 0.706. The van der Waals surface area contributed by atoms with Gasteiger partial charge in [-0.2, -0.15) is 0 Å². The summed E-state index contributed by atoms with van der Waals surface area (Å²) in [4.78, 5) is 2.90. The fraction of sp³-hybridized carbons (Fsp3) is 0.143. The summed E-state index contributed by atoms with van der Waals surface area (Å²) in [6, 6.07) is 1.79. The van der Waals surface area contributed by atoms with E-state index in [0.29, 0.717) is 22.6 Å². The zero-order valence-electron chi connectivity index (χ0n) is 6.64. The number of hydrogen-bond donors (Lipinski definition) is 1. The Morgan fingerprint density at radius 1 is 1.54 bits per heavy atom. The van der Waals surface area contributed by atoms with E-state index in [1.807, 2.05) is 0 Å². The molecule has 0 spiro atoms. The molecule has 2 rings (SSSR count). The minimum absolute atomic E-state index is 0.435. The molecule has 4 nitrogen and oxygen atoms in total. The minimum atomic E-state index is 0.435. The fourth-order valence-corrected chi connectivity index (χ4v) is 1.41. The Hall–Kier alpha value is -0.810. The Balaban J connectivity index is 2.46. The number of H-pyrrole nitrogens is 1. The lowest BCUT2D eigenvalue weighted by atomic mass is 10.4. The van der Waals surface area contributed by atoms with Gasteiger partial charge in [-0.25, -0.2) is 0 Å². The second-order valence-corrected chi connectivity index (χ2v) is 3.70. The number of aromatic nitrogens is 3. The Labute approximate surface area is 87.4 Å². The SMILES string of the molecule is Cc1nnc(-c2cc(Br)c(Cl)[nH]2)o1. The van der Waals surface area contributed by atoms with Crippen molar-refractivity contribution in [2.75, 3.05) is 0 Å². The van der Waals surface area contributed by atoms with Gasteiger partial charge in [-0.15, -0.1) is 10.2 Å². The number of nitrogens with one attached hydrogen (secondary N) is 1. The quantitative estimate of drug-likeness (QED) is 0.860. The van der Waals surface area contributed by atoms with Crippen molar-refractivity contribution in [3.05, 3.63) is 21.6 Å². The van der Waals surface area contributed by atoms with Gasteiger partial charge in [0.05, 0.1) is 4.47 Å². The van der Waals surface area contributed by atoms with E-state index in [0.717, 1.165) is 4.47 Å². The van der Waals surface area contributed by atoms with Gasteiger partial charge in [0, 0.05) is 6.92 Å². The summed E-state index contributed by atoms with van der Waals surface area (Å²) in [6.07, 6.45) is 0. The highest BCUT2D eigenvalue weighted by Gasteiger charge is 2.10. The van der Waals surface area contributed by atoms with Crippen molar-refractivity contribution < 1.29 is 4.42 Å². The smallest absolute Gasteiger partial charge is 0.264 e. The Morgan fingerprint density at radius 3 is 2.77 bits per heavy atom. The van der Waals surface area contributed by atoms with Gasteiger partial charge in [0.2, 0.25) is 5.89 Å². The highest BCUT2D eigenvalue weighted by Crippen LogP contribution is 2.27. The van der Waals surface area contributed by atoms with Crippen LogP contribution in [-0.4, -0.2) is 15.2 Å². The summed E-state index contributed by atoms with van der Waals surface area (Å²) in [7, 11) is 0. The van der Waals surface area contributed by atoms with Crippen LogP contribution in [0.25, 0.3) is 11.6 Å². The number of halogens is 2. The van der Waals surface area contributed by atoms with Gasteiger partial charge in [0.15, 0.2) is 0 Å². The molecule has 0 unspecified atom stereocenters. The topological polar surface area (TPSA) is 54.7 Å². The van der Waals surface area contributed by atoms with Crippen molar-refractivity contribution in [1.29, 1.82) is 0 Å². The van der Waals surface area contributed by atoms with Gasteiger partial charge in [-0.3, -0.25) is 0 Å². The first-order chi connectivity index (χ1) is 6.16. The first kappa shape index (κ1) is 8.77. The average Bonchev–Trinajstić information content (AvgIpc) is 2.61. The first-order valence-corrected chi connectivity index (χ1v) is 4.68. The van der Waals surface area contributed by atoms with E-state index in [-0.39, 0.29) is 0 Å². The standard InChI is InChI=1S/C7H5BrClN3O/c1-3-11-12-7(13-3)5-2-4(8)6(9)10-5/h2,10H,1H3. The highest BCUT2D eigenvalue weighted by molar-refractivity contribution is 9.10. The third kappa shape index (κ3) is 1.62. The van der Waals surface area contributed by atoms with Crippen LogP contribution in [0.4, 0.5) is 0 Å². The van der Waals surface area contributed by atoms with Crippen LogP contribution in [0, 0.1) is 6.92 Å². The van der Waals surface area contributed by atoms with Gasteiger partial charge < -0.3 is 9.40 Å². The monoisotopic (exact) mass is 261 g/mol. The van der Waals surface area contributed by atoms with E-state index in [1.165, 1.54) is 0 Å². The molecule has 2 aromatic heterocycles. The number of hydrogen-bond acceptors (Lipinski definition) is 3. The van der Waals surface area contributed by atoms with Crippen molar-refractivity contribution in [2.45, 2.75) is 6.92 Å². The van der Waals surface area contributed by atoms with Crippen molar-refractivity contribution in [3.63, 3.8) is 0 Å². The molecule has 6 heteroatoms. The lowest BCUT2D eigenvalue weighted by Crippen LogP contribution is -1.75. The number of aryl methyl sites for hydroxylation is 1. The molecule has 0 fully saturated rings. The second kappa shape index (κ2) is 3.16. The van der Waals surface area contributed by atoms with Crippen LogP contribution < -0.4 is 0 Å². The van der Waals surface area contributed by atoms with Gasteiger partial charge in [-0.1, -0.05) is 11.6 Å². The van der Waals surface area contributed by atoms with Crippen LogP contribution in [0.5, 0.6) is 0 Å². The molecule has 0 aromatic carbocycles. The molecule has 0 saturated heterocycles. The molecule has 0 bridgehead atoms. The minimum Gasteiger partial charge on any atom is -0.420 e. The van der Waals surface area contributed by atoms with Crippen molar-refractivity contribution >= 4 is 27.5 Å². The molecule has 0 saturated carbocycles. The largest absolute Gasteiger partial charge is 0.420 e. The lowest BCUT2D eigenvalue weighted by Gasteiger charge is -1.85. The molecule has 68 valence electrons. The maximum atomic E-state index is 5.79. The Bertz CT molecular complexity index is 417. The van der Waals surface area contributed by atoms with Crippen molar-refractivity contribution in [1.82, 2.24) is 15.2 Å². The van der Waals surface area contributed by atoms with Crippen LogP contribution in [0.2, 0.25) is 5.15 Å². The average molecular weight is 262 g/mol. The molecule has 1 N–H and O–H groups in total. The normalized spacial score (nSPS) is 10.7. The summed E-state index contributed by atoms with van der Waals surface area (Å²) in [5, 5.41) is 8.07. The molecule has 0 aliphatic carbocycles. The predicted octanol–water partition coefficient (Wildman–Crippen LogP) is 2.79. The summed E-state index contributed by atoms with van der Waals surface area (Å²) in [6.45, 7) is 1.73. The first-order valence-electron chi connectivity index (χ1n) is 3.51. The fourth-order valence-electron chi connectivity index (χ4n) is 0.925. The van der Waals surface area contributed by atoms with E-state index in [4.69, 9.17) is 16.0 Å². The third-order valence-corrected chi connectivity index (χ3v) is 2.63. The lowest BCUT2D eigenvalue weighted by molar-refractivity contribution is 0.531. The Kier molecular flexibility index (Phi) is 2.13. The zero-order valence-corrected chi connectivity index (χ0v) is 8.98. The molecule has 0 amide bonds. The molecular weight excluding hydrogens is 257 g/mol. The second-order valence-electron chi connectivity index (χ2n) is 2.47. The molecule has 0 aliphatic rings. The summed E-state index contributed by atoms with van der Waals surface area (Å²) >= 11 is 9.06. The van der Waals surface area contributed by atoms with Gasteiger partial charge >= 0.3 is 0 Å². The molecule has 2 heterocycles. The van der Waals surface area contributed by atoms with Gasteiger partial charge in [0.1, 0.15) is 10.8 Å². The summed E-state index contributed by atoms with van der Waals surface area (Å²) < 4.78 is 5.98. The molecule has 2 aromatic rings. The van der Waals surface area contributed by atoms with Crippen LogP contribution in [0.1, 0.15) is 5.89 Å². The van der Waals surface area contributed by atoms with Crippen LogP contribution in [0.3, 0.4) is 0 Å². The number of nitrogens with zero attached hydrogens (tertiary/aromatic N) is 2. The van der Waals surface area contributed by atoms with E-state index < -0.39 is 0 Å². The van der Waals surface area contributed by atoms with E-state index in [1.54, 1.807) is 13.0 Å². The van der Waals surface area contributed by atoms with E-state index in [2.05, 4.69) is 31.1 Å². The van der Waals surface area contributed by atoms with Crippen molar-refractivity contribution in [3.8, 4) is 11.6 Å². The van der Waals surface area contributed by atoms with E-state index >= 15 is 0 Å². The predicted molar refractivity (Wildman–Crippen MR) is 51.5 cm³/mol. The molecular formula is C7H5BrClN3O. The molecule has 13 heavy (non-hydrogen) atoms. The Morgan fingerprint density at radius 2 is 2.31 bits per heavy atom. The van der Waals surface area contributed by atoms with Gasteiger partial charge in [0.25, 0.3) is 5.89 Å². The van der Waals surface area contributed by atoms with Gasteiger partial charge in [-0.05, 0) is 22.0 Å². The molecule has 0 radical (unpaired) electrons. The van der Waals surface area contributed by atoms with Crippen molar-refractivity contribution in [2.24, 2.45) is 0 Å². The maximum Gasteiger partial charge on any atom is 0.264 e. The van der Waals surface area contributed by atoms with Crippen LogP contribution in [-0.2, 0) is 0 Å². The molecule has 0 atom stereocenters. The zero-order chi connectivity index (χ0) is 9.42. The highest BCUT2D eigenvalue weighted by atomic mass is 79.9. The number of aromatic amines is 1. The van der Waals surface area contributed by atoms with E-state index in [9.17, 15) is 0 Å². The number of rotatable bonds is 1. The van der Waals surface area contributed by atoms with Crippen LogP contribution in [0.15, 0.2) is 15.0 Å². The maximum absolute atomic E-state index is 5.79. The molecule has 0 aliphatic heterocycles. The third-order valence-electron chi connectivity index (χ3n) is 1.48.